The highest BCUT2D eigenvalue weighted by Gasteiger charge is 1.97. The molecule has 0 aliphatic heterocycles. The minimum atomic E-state index is 0.646. The molecule has 1 aromatic carbocycles. The van der Waals surface area contributed by atoms with Crippen molar-refractivity contribution in [2.45, 2.75) is 26.8 Å². The van der Waals surface area contributed by atoms with Crippen LogP contribution in [0.2, 0.25) is 0 Å². The molecular weight excluding hydrogens is 266 g/mol. The lowest BCUT2D eigenvalue weighted by Crippen LogP contribution is -2.18. The zero-order chi connectivity index (χ0) is 15.3. The van der Waals surface area contributed by atoms with E-state index in [9.17, 15) is 0 Å². The van der Waals surface area contributed by atoms with Crippen molar-refractivity contribution in [2.75, 3.05) is 40.1 Å². The van der Waals surface area contributed by atoms with Crippen LogP contribution in [0.3, 0.4) is 0 Å². The number of methoxy groups -OCH3 is 1. The summed E-state index contributed by atoms with van der Waals surface area (Å²) in [4.78, 5) is 0. The van der Waals surface area contributed by atoms with Crippen molar-refractivity contribution in [2.24, 2.45) is 5.92 Å². The molecule has 0 atom stereocenters. The summed E-state index contributed by atoms with van der Waals surface area (Å²) in [7, 11) is 1.68. The van der Waals surface area contributed by atoms with E-state index in [4.69, 9.17) is 14.2 Å². The second-order valence-corrected chi connectivity index (χ2v) is 5.48. The summed E-state index contributed by atoms with van der Waals surface area (Å²) in [5, 5.41) is 3.43. The lowest BCUT2D eigenvalue weighted by molar-refractivity contribution is 0.0644. The number of nitrogens with one attached hydrogen (secondary N) is 1. The molecule has 0 fully saturated rings. The fourth-order valence-corrected chi connectivity index (χ4v) is 1.80. The monoisotopic (exact) mass is 295 g/mol. The van der Waals surface area contributed by atoms with Crippen LogP contribution >= 0.6 is 0 Å². The summed E-state index contributed by atoms with van der Waals surface area (Å²) in [6.45, 7) is 9.05. The van der Waals surface area contributed by atoms with Crippen LogP contribution in [-0.4, -0.2) is 40.1 Å². The predicted molar refractivity (Wildman–Crippen MR) is 85.8 cm³/mol. The third kappa shape index (κ3) is 9.45. The summed E-state index contributed by atoms with van der Waals surface area (Å²) in [5.41, 5.74) is 1.28. The minimum Gasteiger partial charge on any atom is -0.494 e. The van der Waals surface area contributed by atoms with E-state index >= 15 is 0 Å². The number of hydrogen-bond acceptors (Lipinski definition) is 4. The third-order valence-electron chi connectivity index (χ3n) is 2.94. The van der Waals surface area contributed by atoms with Crippen LogP contribution in [0.1, 0.15) is 25.8 Å². The number of ether oxygens (including phenoxy) is 3. The van der Waals surface area contributed by atoms with E-state index in [2.05, 4.69) is 31.3 Å². The van der Waals surface area contributed by atoms with Crippen LogP contribution in [0, 0.1) is 5.92 Å². The van der Waals surface area contributed by atoms with Gasteiger partial charge in [-0.2, -0.15) is 0 Å². The fourth-order valence-electron chi connectivity index (χ4n) is 1.80. The predicted octanol–water partition coefficient (Wildman–Crippen LogP) is 2.86. The zero-order valence-corrected chi connectivity index (χ0v) is 13.6. The first-order valence-corrected chi connectivity index (χ1v) is 7.71. The van der Waals surface area contributed by atoms with Crippen LogP contribution in [0.25, 0.3) is 0 Å². The first kappa shape index (κ1) is 18.0. The van der Waals surface area contributed by atoms with Crippen molar-refractivity contribution >= 4 is 0 Å². The van der Waals surface area contributed by atoms with Crippen LogP contribution in [0.15, 0.2) is 24.3 Å². The van der Waals surface area contributed by atoms with Gasteiger partial charge in [0.25, 0.3) is 0 Å². The van der Waals surface area contributed by atoms with Gasteiger partial charge in [-0.1, -0.05) is 26.0 Å². The van der Waals surface area contributed by atoms with Crippen molar-refractivity contribution in [3.63, 3.8) is 0 Å². The normalized spacial score (nSPS) is 11.0. The summed E-state index contributed by atoms with van der Waals surface area (Å²) < 4.78 is 16.0. The Hall–Kier alpha value is -1.10. The van der Waals surface area contributed by atoms with Crippen LogP contribution in [0.5, 0.6) is 5.75 Å². The van der Waals surface area contributed by atoms with E-state index in [0.29, 0.717) is 32.3 Å². The molecule has 0 bridgehead atoms. The molecule has 1 aromatic rings. The Morgan fingerprint density at radius 2 is 1.76 bits per heavy atom. The molecule has 0 saturated heterocycles. The van der Waals surface area contributed by atoms with Crippen molar-refractivity contribution in [3.05, 3.63) is 29.8 Å². The maximum atomic E-state index is 5.68. The van der Waals surface area contributed by atoms with Gasteiger partial charge in [0, 0.05) is 26.7 Å². The van der Waals surface area contributed by atoms with Crippen LogP contribution in [0.4, 0.5) is 0 Å². The third-order valence-corrected chi connectivity index (χ3v) is 2.94. The van der Waals surface area contributed by atoms with Gasteiger partial charge in [0.1, 0.15) is 5.75 Å². The van der Waals surface area contributed by atoms with E-state index in [1.807, 2.05) is 12.1 Å². The molecule has 0 aliphatic carbocycles. The average Bonchev–Trinajstić information content (AvgIpc) is 2.47. The first-order chi connectivity index (χ1) is 10.2. The minimum absolute atomic E-state index is 0.646. The van der Waals surface area contributed by atoms with Crippen LogP contribution in [-0.2, 0) is 16.0 Å². The SMILES string of the molecule is COCCOCCCOc1ccc(CNCC(C)C)cc1. The Bertz CT molecular complexity index is 352. The topological polar surface area (TPSA) is 39.7 Å². The van der Waals surface area contributed by atoms with Gasteiger partial charge < -0.3 is 19.5 Å². The van der Waals surface area contributed by atoms with E-state index in [0.717, 1.165) is 25.3 Å². The Labute approximate surface area is 128 Å². The standard InChI is InChI=1S/C17H29NO3/c1-15(2)13-18-14-16-5-7-17(8-6-16)21-10-4-9-20-12-11-19-3/h5-8,15,18H,4,9-14H2,1-3H3. The van der Waals surface area contributed by atoms with Crippen molar-refractivity contribution in [1.82, 2.24) is 5.32 Å². The molecule has 0 aromatic heterocycles. The average molecular weight is 295 g/mol. The first-order valence-electron chi connectivity index (χ1n) is 7.71. The molecule has 1 rings (SSSR count). The highest BCUT2D eigenvalue weighted by molar-refractivity contribution is 5.27. The van der Waals surface area contributed by atoms with Gasteiger partial charge in [0.05, 0.1) is 19.8 Å². The molecule has 0 amide bonds. The highest BCUT2D eigenvalue weighted by Crippen LogP contribution is 2.12. The maximum absolute atomic E-state index is 5.68. The molecule has 4 nitrogen and oxygen atoms in total. The van der Waals surface area contributed by atoms with E-state index < -0.39 is 0 Å². The highest BCUT2D eigenvalue weighted by atomic mass is 16.5. The largest absolute Gasteiger partial charge is 0.494 e. The summed E-state index contributed by atoms with van der Waals surface area (Å²) in [6, 6.07) is 8.27. The van der Waals surface area contributed by atoms with Crippen LogP contribution < -0.4 is 10.1 Å². The van der Waals surface area contributed by atoms with Gasteiger partial charge >= 0.3 is 0 Å². The van der Waals surface area contributed by atoms with E-state index in [1.165, 1.54) is 5.56 Å². The van der Waals surface area contributed by atoms with E-state index in [1.54, 1.807) is 7.11 Å². The fraction of sp³-hybridized carbons (Fsp3) is 0.647. The number of rotatable bonds is 12. The molecule has 0 aliphatic rings. The molecule has 21 heavy (non-hydrogen) atoms. The lowest BCUT2D eigenvalue weighted by atomic mass is 10.2. The zero-order valence-electron chi connectivity index (χ0n) is 13.6. The van der Waals surface area contributed by atoms with Gasteiger partial charge in [-0.3, -0.25) is 0 Å². The van der Waals surface area contributed by atoms with Crippen molar-refractivity contribution in [3.8, 4) is 5.75 Å². The van der Waals surface area contributed by atoms with Gasteiger partial charge in [0.15, 0.2) is 0 Å². The quantitative estimate of drug-likeness (QED) is 0.602. The Morgan fingerprint density at radius 3 is 2.43 bits per heavy atom. The van der Waals surface area contributed by atoms with E-state index in [-0.39, 0.29) is 0 Å². The molecule has 0 heterocycles. The molecule has 4 heteroatoms. The second-order valence-electron chi connectivity index (χ2n) is 5.48. The Balaban J connectivity index is 2.10. The Morgan fingerprint density at radius 1 is 1.00 bits per heavy atom. The molecule has 0 spiro atoms. The van der Waals surface area contributed by atoms with Gasteiger partial charge in [-0.25, -0.2) is 0 Å². The van der Waals surface area contributed by atoms with Gasteiger partial charge in [-0.05, 0) is 30.2 Å². The lowest BCUT2D eigenvalue weighted by Gasteiger charge is -2.09. The van der Waals surface area contributed by atoms with Crippen molar-refractivity contribution < 1.29 is 14.2 Å². The summed E-state index contributed by atoms with van der Waals surface area (Å²) in [6.07, 6.45) is 0.890. The van der Waals surface area contributed by atoms with Gasteiger partial charge in [0.2, 0.25) is 0 Å². The molecule has 120 valence electrons. The van der Waals surface area contributed by atoms with Crippen molar-refractivity contribution in [1.29, 1.82) is 0 Å². The smallest absolute Gasteiger partial charge is 0.119 e. The molecule has 0 saturated carbocycles. The summed E-state index contributed by atoms with van der Waals surface area (Å²) in [5.74, 6) is 1.60. The number of benzene rings is 1. The molecule has 0 unspecified atom stereocenters. The summed E-state index contributed by atoms with van der Waals surface area (Å²) >= 11 is 0. The molecule has 1 N–H and O–H groups in total. The Kier molecular flexibility index (Phi) is 9.87. The molecule has 0 radical (unpaired) electrons. The van der Waals surface area contributed by atoms with Gasteiger partial charge in [-0.15, -0.1) is 0 Å². The maximum Gasteiger partial charge on any atom is 0.119 e. The molecular formula is C17H29NO3. The second kappa shape index (κ2) is 11.5. The number of hydrogen-bond donors (Lipinski definition) is 1.